The second kappa shape index (κ2) is 6.89. The van der Waals surface area contributed by atoms with Crippen molar-refractivity contribution in [2.75, 3.05) is 13.6 Å². The highest BCUT2D eigenvalue weighted by atomic mass is 16.2. The first-order valence-electron chi connectivity index (χ1n) is 7.61. The van der Waals surface area contributed by atoms with Crippen LogP contribution < -0.4 is 5.32 Å². The summed E-state index contributed by atoms with van der Waals surface area (Å²) in [6.07, 6.45) is 2.74. The Labute approximate surface area is 122 Å². The highest BCUT2D eigenvalue weighted by Crippen LogP contribution is 2.23. The molecule has 1 N–H and O–H groups in total. The molecule has 1 aromatic rings. The van der Waals surface area contributed by atoms with Crippen LogP contribution in [0.2, 0.25) is 0 Å². The van der Waals surface area contributed by atoms with Gasteiger partial charge in [-0.05, 0) is 24.3 Å². The number of rotatable bonds is 5. The molecule has 20 heavy (non-hydrogen) atoms. The van der Waals surface area contributed by atoms with Crippen molar-refractivity contribution >= 4 is 5.91 Å². The molecule has 3 nitrogen and oxygen atoms in total. The first-order valence-corrected chi connectivity index (χ1v) is 7.61. The zero-order valence-corrected chi connectivity index (χ0v) is 12.8. The highest BCUT2D eigenvalue weighted by molar-refractivity contribution is 5.76. The largest absolute Gasteiger partial charge is 0.344 e. The van der Waals surface area contributed by atoms with Gasteiger partial charge in [0.2, 0.25) is 5.91 Å². The Morgan fingerprint density at radius 2 is 2.00 bits per heavy atom. The zero-order valence-electron chi connectivity index (χ0n) is 12.8. The van der Waals surface area contributed by atoms with Gasteiger partial charge in [-0.25, -0.2) is 0 Å². The zero-order chi connectivity index (χ0) is 14.5. The van der Waals surface area contributed by atoms with Gasteiger partial charge in [0.25, 0.3) is 0 Å². The number of piperidine rings is 1. The second-order valence-corrected chi connectivity index (χ2v) is 6.27. The van der Waals surface area contributed by atoms with Crippen LogP contribution in [0, 0.1) is 5.92 Å². The van der Waals surface area contributed by atoms with Crippen molar-refractivity contribution in [2.45, 2.75) is 45.2 Å². The number of nitrogens with zero attached hydrogens (tertiary/aromatic N) is 1. The average Bonchev–Trinajstić information content (AvgIpc) is 2.43. The smallest absolute Gasteiger partial charge is 0.222 e. The Kier molecular flexibility index (Phi) is 5.18. The van der Waals surface area contributed by atoms with Crippen LogP contribution in [0.25, 0.3) is 0 Å². The van der Waals surface area contributed by atoms with Crippen LogP contribution in [0.4, 0.5) is 0 Å². The second-order valence-electron chi connectivity index (χ2n) is 6.27. The van der Waals surface area contributed by atoms with E-state index in [4.69, 9.17) is 0 Å². The fourth-order valence-corrected chi connectivity index (χ4v) is 2.89. The van der Waals surface area contributed by atoms with E-state index in [9.17, 15) is 4.79 Å². The lowest BCUT2D eigenvalue weighted by Crippen LogP contribution is -2.47. The monoisotopic (exact) mass is 274 g/mol. The number of carbonyl (C=O) groups excluding carboxylic acids is 1. The van der Waals surface area contributed by atoms with Crippen LogP contribution in [-0.2, 0) is 4.79 Å². The van der Waals surface area contributed by atoms with E-state index >= 15 is 0 Å². The summed E-state index contributed by atoms with van der Waals surface area (Å²) in [6.45, 7) is 5.34. The van der Waals surface area contributed by atoms with E-state index in [1.54, 1.807) is 0 Å². The number of likely N-dealkylation sites (N-methyl/N-ethyl adjacent to an activating group) is 1. The first-order chi connectivity index (χ1) is 9.56. The molecule has 2 rings (SSSR count). The van der Waals surface area contributed by atoms with Gasteiger partial charge in [0, 0.05) is 32.1 Å². The van der Waals surface area contributed by atoms with E-state index in [1.807, 2.05) is 11.9 Å². The quantitative estimate of drug-likeness (QED) is 0.895. The van der Waals surface area contributed by atoms with Gasteiger partial charge in [0.05, 0.1) is 0 Å². The number of nitrogens with one attached hydrogen (secondary N) is 1. The molecule has 0 saturated carbocycles. The molecule has 1 aliphatic rings. The van der Waals surface area contributed by atoms with Gasteiger partial charge in [-0.15, -0.1) is 0 Å². The molecule has 1 aliphatic heterocycles. The molecular formula is C17H26N2O. The highest BCUT2D eigenvalue weighted by Gasteiger charge is 2.25. The fraction of sp³-hybridized carbons (Fsp3) is 0.588. The molecule has 0 spiro atoms. The molecule has 2 unspecified atom stereocenters. The molecule has 0 aromatic heterocycles. The lowest BCUT2D eigenvalue weighted by atomic mass is 9.95. The molecular weight excluding hydrogens is 248 g/mol. The third kappa shape index (κ3) is 4.07. The van der Waals surface area contributed by atoms with Crippen molar-refractivity contribution in [1.82, 2.24) is 10.2 Å². The van der Waals surface area contributed by atoms with Gasteiger partial charge in [-0.2, -0.15) is 0 Å². The van der Waals surface area contributed by atoms with E-state index in [-0.39, 0.29) is 5.91 Å². The van der Waals surface area contributed by atoms with Crippen molar-refractivity contribution in [1.29, 1.82) is 0 Å². The summed E-state index contributed by atoms with van der Waals surface area (Å²) in [5.74, 6) is 0.916. The molecule has 1 saturated heterocycles. The fourth-order valence-electron chi connectivity index (χ4n) is 2.89. The first kappa shape index (κ1) is 15.0. The number of likely N-dealkylation sites (tertiary alicyclic amines) is 1. The summed E-state index contributed by atoms with van der Waals surface area (Å²) >= 11 is 0. The molecule has 110 valence electrons. The van der Waals surface area contributed by atoms with Crippen LogP contribution in [0.1, 0.15) is 44.7 Å². The Morgan fingerprint density at radius 3 is 2.60 bits per heavy atom. The predicted octanol–water partition coefficient (Wildman–Crippen LogP) is 2.98. The third-order valence-electron chi connectivity index (χ3n) is 3.97. The molecule has 0 bridgehead atoms. The molecule has 1 heterocycles. The van der Waals surface area contributed by atoms with Crippen molar-refractivity contribution < 1.29 is 4.79 Å². The van der Waals surface area contributed by atoms with Crippen LogP contribution in [0.5, 0.6) is 0 Å². The Balaban J connectivity index is 2.03. The van der Waals surface area contributed by atoms with Crippen LogP contribution in [0.15, 0.2) is 30.3 Å². The van der Waals surface area contributed by atoms with Gasteiger partial charge in [0.1, 0.15) is 0 Å². The van der Waals surface area contributed by atoms with Gasteiger partial charge in [-0.3, -0.25) is 4.79 Å². The van der Waals surface area contributed by atoms with Crippen molar-refractivity contribution in [3.05, 3.63) is 35.9 Å². The summed E-state index contributed by atoms with van der Waals surface area (Å²) < 4.78 is 0. The molecule has 2 atom stereocenters. The SMILES string of the molecule is CC(C)CC(NC1CCC(=O)N(C)C1)c1ccccc1. The minimum absolute atomic E-state index is 0.267. The summed E-state index contributed by atoms with van der Waals surface area (Å²) in [5, 5.41) is 3.76. The number of carbonyl (C=O) groups is 1. The maximum absolute atomic E-state index is 11.6. The number of hydrogen-bond donors (Lipinski definition) is 1. The summed E-state index contributed by atoms with van der Waals surface area (Å²) in [6, 6.07) is 11.4. The lowest BCUT2D eigenvalue weighted by Gasteiger charge is -2.34. The van der Waals surface area contributed by atoms with Gasteiger partial charge in [0.15, 0.2) is 0 Å². The third-order valence-corrected chi connectivity index (χ3v) is 3.97. The normalized spacial score (nSPS) is 21.3. The minimum atomic E-state index is 0.267. The van der Waals surface area contributed by atoms with Crippen molar-refractivity contribution in [3.8, 4) is 0 Å². The predicted molar refractivity (Wildman–Crippen MR) is 82.4 cm³/mol. The lowest BCUT2D eigenvalue weighted by molar-refractivity contribution is -0.132. The van der Waals surface area contributed by atoms with E-state index < -0.39 is 0 Å². The molecule has 0 aliphatic carbocycles. The van der Waals surface area contributed by atoms with Gasteiger partial charge in [-0.1, -0.05) is 44.2 Å². The van der Waals surface area contributed by atoms with Crippen LogP contribution >= 0.6 is 0 Å². The minimum Gasteiger partial charge on any atom is -0.344 e. The number of hydrogen-bond acceptors (Lipinski definition) is 2. The van der Waals surface area contributed by atoms with E-state index in [2.05, 4.69) is 49.5 Å². The van der Waals surface area contributed by atoms with Crippen molar-refractivity contribution in [2.24, 2.45) is 5.92 Å². The molecule has 3 heteroatoms. The van der Waals surface area contributed by atoms with Crippen LogP contribution in [0.3, 0.4) is 0 Å². The van der Waals surface area contributed by atoms with Gasteiger partial charge >= 0.3 is 0 Å². The maximum atomic E-state index is 11.6. The Hall–Kier alpha value is -1.35. The Morgan fingerprint density at radius 1 is 1.30 bits per heavy atom. The summed E-state index contributed by atoms with van der Waals surface area (Å²) in [4.78, 5) is 13.4. The molecule has 0 radical (unpaired) electrons. The van der Waals surface area contributed by atoms with E-state index in [1.165, 1.54) is 5.56 Å². The maximum Gasteiger partial charge on any atom is 0.222 e. The van der Waals surface area contributed by atoms with E-state index in [0.29, 0.717) is 24.4 Å². The standard InChI is InChI=1S/C17H26N2O/c1-13(2)11-16(14-7-5-4-6-8-14)18-15-9-10-17(20)19(3)12-15/h4-8,13,15-16,18H,9-12H2,1-3H3. The van der Waals surface area contributed by atoms with E-state index in [0.717, 1.165) is 19.4 Å². The van der Waals surface area contributed by atoms with Crippen LogP contribution in [-0.4, -0.2) is 30.4 Å². The number of benzene rings is 1. The van der Waals surface area contributed by atoms with Crippen molar-refractivity contribution in [3.63, 3.8) is 0 Å². The molecule has 1 amide bonds. The number of amides is 1. The molecule has 1 aromatic carbocycles. The summed E-state index contributed by atoms with van der Waals surface area (Å²) in [5.41, 5.74) is 1.35. The summed E-state index contributed by atoms with van der Waals surface area (Å²) in [7, 11) is 1.90. The van der Waals surface area contributed by atoms with Gasteiger partial charge < -0.3 is 10.2 Å². The Bertz CT molecular complexity index is 430. The molecule has 1 fully saturated rings. The average molecular weight is 274 g/mol. The topological polar surface area (TPSA) is 32.3 Å².